The molecule has 2 N–H and O–H groups in total. The van der Waals surface area contributed by atoms with Crippen LogP contribution in [0.1, 0.15) is 44.6 Å². The second-order valence-corrected chi connectivity index (χ2v) is 6.51. The molecule has 1 unspecified atom stereocenters. The Kier molecular flexibility index (Phi) is 6.98. The molecule has 1 aromatic carbocycles. The molecule has 1 aromatic rings. The zero-order valence-corrected chi connectivity index (χ0v) is 14.6. The number of carboxylic acid groups (broad SMARTS) is 1. The summed E-state index contributed by atoms with van der Waals surface area (Å²) in [7, 11) is 0. The molecule has 2 rings (SSSR count). The Bertz CT molecular complexity index is 603. The van der Waals surface area contributed by atoms with Crippen LogP contribution in [0.15, 0.2) is 30.3 Å². The molecule has 2 atom stereocenters. The zero-order valence-electron chi connectivity index (χ0n) is 14.6. The number of aliphatic carboxylic acids is 1. The van der Waals surface area contributed by atoms with Gasteiger partial charge in [-0.2, -0.15) is 0 Å². The minimum Gasteiger partial charge on any atom is -0.480 e. The number of benzene rings is 1. The summed E-state index contributed by atoms with van der Waals surface area (Å²) in [6.45, 7) is 2.05. The van der Waals surface area contributed by atoms with Crippen molar-refractivity contribution in [1.82, 2.24) is 10.2 Å². The van der Waals surface area contributed by atoms with Gasteiger partial charge >= 0.3 is 5.97 Å². The molecule has 1 heterocycles. The van der Waals surface area contributed by atoms with E-state index in [0.717, 1.165) is 19.3 Å². The van der Waals surface area contributed by atoms with Crippen LogP contribution in [-0.2, 0) is 20.8 Å². The number of likely N-dealkylation sites (tertiary alicyclic amines) is 1. The summed E-state index contributed by atoms with van der Waals surface area (Å²) in [6.07, 6.45) is 3.93. The standard InChI is InChI=1S/C19H26N2O4/c1-14(18(23)21-13-6-5-11-16(21)19(24)25)20-17(22)12-7-10-15-8-3-2-4-9-15/h2-4,8-9,14,16H,5-7,10-13H2,1H3,(H,20,22)(H,24,25)/t14?,16-/m0/s1. The molecule has 136 valence electrons. The molecule has 2 amide bonds. The highest BCUT2D eigenvalue weighted by Crippen LogP contribution is 2.18. The predicted molar refractivity (Wildman–Crippen MR) is 94.0 cm³/mol. The quantitative estimate of drug-likeness (QED) is 0.790. The highest BCUT2D eigenvalue weighted by Gasteiger charge is 2.34. The molecule has 0 spiro atoms. The Balaban J connectivity index is 1.79. The lowest BCUT2D eigenvalue weighted by atomic mass is 10.0. The first-order chi connectivity index (χ1) is 12.0. The van der Waals surface area contributed by atoms with E-state index in [4.69, 9.17) is 0 Å². The predicted octanol–water partition coefficient (Wildman–Crippen LogP) is 1.98. The maximum atomic E-state index is 12.5. The van der Waals surface area contributed by atoms with Crippen LogP contribution >= 0.6 is 0 Å². The van der Waals surface area contributed by atoms with E-state index < -0.39 is 18.1 Å². The van der Waals surface area contributed by atoms with Crippen LogP contribution < -0.4 is 5.32 Å². The fraction of sp³-hybridized carbons (Fsp3) is 0.526. The van der Waals surface area contributed by atoms with E-state index in [9.17, 15) is 19.5 Å². The Morgan fingerprint density at radius 1 is 1.24 bits per heavy atom. The van der Waals surface area contributed by atoms with Gasteiger partial charge in [-0.25, -0.2) is 4.79 Å². The summed E-state index contributed by atoms with van der Waals surface area (Å²) in [6, 6.07) is 8.44. The summed E-state index contributed by atoms with van der Waals surface area (Å²) in [4.78, 5) is 37.2. The van der Waals surface area contributed by atoms with Crippen LogP contribution in [0.2, 0.25) is 0 Å². The van der Waals surface area contributed by atoms with Crippen LogP contribution in [0.5, 0.6) is 0 Å². The Hall–Kier alpha value is -2.37. The fourth-order valence-electron chi connectivity index (χ4n) is 3.17. The van der Waals surface area contributed by atoms with Gasteiger partial charge in [0.15, 0.2) is 0 Å². The fourth-order valence-corrected chi connectivity index (χ4v) is 3.17. The SMILES string of the molecule is CC(NC(=O)CCCc1ccccc1)C(=O)N1CCCC[C@H]1C(=O)O. The third-order valence-corrected chi connectivity index (χ3v) is 4.53. The molecule has 0 aliphatic carbocycles. The van der Waals surface area contributed by atoms with Crippen molar-refractivity contribution in [3.63, 3.8) is 0 Å². The second kappa shape index (κ2) is 9.20. The summed E-state index contributed by atoms with van der Waals surface area (Å²) in [5, 5.41) is 12.0. The first kappa shape index (κ1) is 19.0. The molecule has 6 nitrogen and oxygen atoms in total. The van der Waals surface area contributed by atoms with Gasteiger partial charge in [-0.05, 0) is 44.6 Å². The monoisotopic (exact) mass is 346 g/mol. The van der Waals surface area contributed by atoms with E-state index in [1.807, 2.05) is 30.3 Å². The number of amides is 2. The van der Waals surface area contributed by atoms with E-state index in [-0.39, 0.29) is 11.8 Å². The highest BCUT2D eigenvalue weighted by molar-refractivity contribution is 5.90. The molecular formula is C19H26N2O4. The number of aryl methyl sites for hydroxylation is 1. The van der Waals surface area contributed by atoms with Gasteiger partial charge in [-0.1, -0.05) is 30.3 Å². The molecule has 0 radical (unpaired) electrons. The Labute approximate surface area is 148 Å². The maximum Gasteiger partial charge on any atom is 0.326 e. The smallest absolute Gasteiger partial charge is 0.326 e. The van der Waals surface area contributed by atoms with Gasteiger partial charge in [0.05, 0.1) is 0 Å². The number of carboxylic acids is 1. The van der Waals surface area contributed by atoms with Crippen molar-refractivity contribution < 1.29 is 19.5 Å². The highest BCUT2D eigenvalue weighted by atomic mass is 16.4. The number of carbonyl (C=O) groups is 3. The van der Waals surface area contributed by atoms with E-state index in [0.29, 0.717) is 25.8 Å². The number of nitrogens with zero attached hydrogens (tertiary/aromatic N) is 1. The average molecular weight is 346 g/mol. The van der Waals surface area contributed by atoms with Crippen molar-refractivity contribution in [1.29, 1.82) is 0 Å². The van der Waals surface area contributed by atoms with E-state index in [1.165, 1.54) is 10.5 Å². The molecule has 1 saturated heterocycles. The van der Waals surface area contributed by atoms with Gasteiger partial charge in [-0.15, -0.1) is 0 Å². The first-order valence-corrected chi connectivity index (χ1v) is 8.85. The Morgan fingerprint density at radius 3 is 2.64 bits per heavy atom. The van der Waals surface area contributed by atoms with Gasteiger partial charge in [0.2, 0.25) is 11.8 Å². The molecule has 6 heteroatoms. The Morgan fingerprint density at radius 2 is 1.96 bits per heavy atom. The van der Waals surface area contributed by atoms with Crippen molar-refractivity contribution in [2.75, 3.05) is 6.54 Å². The molecule has 1 aliphatic heterocycles. The number of rotatable bonds is 7. The van der Waals surface area contributed by atoms with E-state index >= 15 is 0 Å². The molecule has 0 bridgehead atoms. The normalized spacial score (nSPS) is 18.4. The number of piperidine rings is 1. The van der Waals surface area contributed by atoms with Crippen molar-refractivity contribution >= 4 is 17.8 Å². The molecule has 0 aromatic heterocycles. The van der Waals surface area contributed by atoms with Gasteiger partial charge < -0.3 is 15.3 Å². The number of nitrogens with one attached hydrogen (secondary N) is 1. The first-order valence-electron chi connectivity index (χ1n) is 8.85. The summed E-state index contributed by atoms with van der Waals surface area (Å²) < 4.78 is 0. The van der Waals surface area contributed by atoms with Crippen LogP contribution in [-0.4, -0.2) is 46.4 Å². The van der Waals surface area contributed by atoms with Crippen LogP contribution in [0.25, 0.3) is 0 Å². The minimum absolute atomic E-state index is 0.180. The van der Waals surface area contributed by atoms with Crippen molar-refractivity contribution in [2.24, 2.45) is 0 Å². The largest absolute Gasteiger partial charge is 0.480 e. The number of carbonyl (C=O) groups excluding carboxylic acids is 2. The van der Waals surface area contributed by atoms with Crippen LogP contribution in [0, 0.1) is 0 Å². The third kappa shape index (κ3) is 5.59. The summed E-state index contributed by atoms with van der Waals surface area (Å²) >= 11 is 0. The van der Waals surface area contributed by atoms with Crippen molar-refractivity contribution in [3.8, 4) is 0 Å². The lowest BCUT2D eigenvalue weighted by Crippen LogP contribution is -2.54. The molecule has 1 fully saturated rings. The number of hydrogen-bond acceptors (Lipinski definition) is 3. The molecule has 25 heavy (non-hydrogen) atoms. The van der Waals surface area contributed by atoms with Crippen LogP contribution in [0.4, 0.5) is 0 Å². The van der Waals surface area contributed by atoms with Crippen LogP contribution in [0.3, 0.4) is 0 Å². The molecule has 1 aliphatic rings. The zero-order chi connectivity index (χ0) is 18.2. The second-order valence-electron chi connectivity index (χ2n) is 6.51. The lowest BCUT2D eigenvalue weighted by Gasteiger charge is -2.34. The molecular weight excluding hydrogens is 320 g/mol. The molecule has 0 saturated carbocycles. The topological polar surface area (TPSA) is 86.7 Å². The van der Waals surface area contributed by atoms with Gasteiger partial charge in [0.25, 0.3) is 0 Å². The number of hydrogen-bond donors (Lipinski definition) is 2. The average Bonchev–Trinajstić information content (AvgIpc) is 2.61. The van der Waals surface area contributed by atoms with Gasteiger partial charge in [0, 0.05) is 13.0 Å². The summed E-state index contributed by atoms with van der Waals surface area (Å²) in [5.74, 6) is -1.47. The van der Waals surface area contributed by atoms with Gasteiger partial charge in [-0.3, -0.25) is 9.59 Å². The van der Waals surface area contributed by atoms with E-state index in [2.05, 4.69) is 5.32 Å². The van der Waals surface area contributed by atoms with Crippen molar-refractivity contribution in [3.05, 3.63) is 35.9 Å². The maximum absolute atomic E-state index is 12.5. The van der Waals surface area contributed by atoms with E-state index in [1.54, 1.807) is 6.92 Å². The summed E-state index contributed by atoms with van der Waals surface area (Å²) in [5.41, 5.74) is 1.18. The lowest BCUT2D eigenvalue weighted by molar-refractivity contribution is -0.153. The third-order valence-electron chi connectivity index (χ3n) is 4.53. The minimum atomic E-state index is -0.977. The van der Waals surface area contributed by atoms with Gasteiger partial charge in [0.1, 0.15) is 12.1 Å². The van der Waals surface area contributed by atoms with Crippen molar-refractivity contribution in [2.45, 2.75) is 57.5 Å².